The number of rotatable bonds is 16. The molecule has 0 aliphatic rings. The molecule has 0 aliphatic carbocycles. The van der Waals surface area contributed by atoms with Crippen LogP contribution in [0.3, 0.4) is 0 Å². The molecule has 0 saturated heterocycles. The van der Waals surface area contributed by atoms with Crippen LogP contribution in [0.5, 0.6) is 23.0 Å². The van der Waals surface area contributed by atoms with Gasteiger partial charge < -0.3 is 18.9 Å². The van der Waals surface area contributed by atoms with Crippen molar-refractivity contribution in [3.05, 3.63) is 58.7 Å². The summed E-state index contributed by atoms with van der Waals surface area (Å²) in [5.41, 5.74) is 1.54. The molecule has 216 valence electrons. The third-order valence-electron chi connectivity index (χ3n) is 5.78. The number of nitrogens with zero attached hydrogens (tertiary/aromatic N) is 2. The molecule has 41 heavy (non-hydrogen) atoms. The zero-order chi connectivity index (χ0) is 30.4. The van der Waals surface area contributed by atoms with Gasteiger partial charge in [-0.25, -0.2) is 0 Å². The maximum Gasteiger partial charge on any atom is 0.175 e. The molecule has 0 N–H and O–H groups in total. The summed E-state index contributed by atoms with van der Waals surface area (Å²) in [5.74, 6) is 1.18. The van der Waals surface area contributed by atoms with Crippen molar-refractivity contribution < 1.29 is 28.5 Å². The normalized spacial score (nSPS) is 11.6. The lowest BCUT2D eigenvalue weighted by atomic mass is 10.00. The van der Waals surface area contributed by atoms with Crippen molar-refractivity contribution in [2.45, 2.75) is 48.0 Å². The Morgan fingerprint density at radius 1 is 0.683 bits per heavy atom. The second-order valence-electron chi connectivity index (χ2n) is 9.71. The first kappa shape index (κ1) is 32.7. The van der Waals surface area contributed by atoms with Crippen LogP contribution in [0.1, 0.15) is 59.1 Å². The van der Waals surface area contributed by atoms with Gasteiger partial charge in [-0.15, -0.1) is 0 Å². The van der Waals surface area contributed by atoms with Gasteiger partial charge in [0.15, 0.2) is 34.6 Å². The van der Waals surface area contributed by atoms with Gasteiger partial charge in [-0.05, 0) is 61.4 Å². The maximum absolute atomic E-state index is 12.2. The fourth-order valence-corrected chi connectivity index (χ4v) is 3.70. The molecule has 0 radical (unpaired) electrons. The zero-order valence-electron chi connectivity index (χ0n) is 24.7. The Hall–Kier alpha value is -4.56. The van der Waals surface area contributed by atoms with E-state index < -0.39 is 0 Å². The fourth-order valence-electron chi connectivity index (χ4n) is 3.70. The summed E-state index contributed by atoms with van der Waals surface area (Å²) >= 11 is 0. The SMILES string of the molecule is CCOc1cc(C=C(C#N)C(=O)C(C)C)ccc1OCCCOc1ccc(C=C(C#N)C(=O)C(C)C)cc1OCC. The number of hydrogen-bond acceptors (Lipinski definition) is 8. The van der Waals surface area contributed by atoms with Crippen LogP contribution < -0.4 is 18.9 Å². The molecule has 0 saturated carbocycles. The molecule has 2 rings (SSSR count). The summed E-state index contributed by atoms with van der Waals surface area (Å²) < 4.78 is 23.3. The minimum atomic E-state index is -0.270. The molecular formula is C33H38N2O6. The van der Waals surface area contributed by atoms with Crippen LogP contribution >= 0.6 is 0 Å². The van der Waals surface area contributed by atoms with Gasteiger partial charge in [-0.2, -0.15) is 10.5 Å². The molecule has 0 atom stereocenters. The third kappa shape index (κ3) is 9.85. The summed E-state index contributed by atoms with van der Waals surface area (Å²) in [6.07, 6.45) is 3.69. The van der Waals surface area contributed by atoms with Crippen LogP contribution in [0, 0.1) is 34.5 Å². The summed E-state index contributed by atoms with van der Waals surface area (Å²) in [6.45, 7) is 12.3. The highest BCUT2D eigenvalue weighted by Gasteiger charge is 2.15. The smallest absolute Gasteiger partial charge is 0.175 e. The number of nitriles is 2. The predicted octanol–water partition coefficient (Wildman–Crippen LogP) is 6.60. The van der Waals surface area contributed by atoms with Crippen molar-refractivity contribution >= 4 is 23.7 Å². The first-order chi connectivity index (χ1) is 19.6. The standard InChI is InChI=1S/C33H38N2O6/c1-7-38-30-18-24(16-26(20-34)32(36)22(3)4)10-12-28(30)40-14-9-15-41-29-13-11-25(19-31(29)39-8-2)17-27(21-35)33(37)23(5)6/h10-13,16-19,22-23H,7-9,14-15H2,1-6H3. The van der Waals surface area contributed by atoms with E-state index in [1.165, 1.54) is 0 Å². The number of carbonyl (C=O) groups excluding carboxylic acids is 2. The Balaban J connectivity index is 2.06. The molecule has 8 heteroatoms. The molecule has 0 spiro atoms. The molecule has 0 heterocycles. The number of ketones is 2. The summed E-state index contributed by atoms with van der Waals surface area (Å²) in [6, 6.07) is 14.5. The number of hydrogen-bond donors (Lipinski definition) is 0. The van der Waals surface area contributed by atoms with E-state index in [-0.39, 0.29) is 34.5 Å². The molecule has 0 aliphatic heterocycles. The second-order valence-corrected chi connectivity index (χ2v) is 9.71. The lowest BCUT2D eigenvalue weighted by Crippen LogP contribution is -2.09. The number of allylic oxidation sites excluding steroid dienone is 2. The number of ether oxygens (including phenoxy) is 4. The Kier molecular flexibility index (Phi) is 13.2. The van der Waals surface area contributed by atoms with E-state index in [1.54, 1.807) is 76.2 Å². The molecular weight excluding hydrogens is 520 g/mol. The Morgan fingerprint density at radius 2 is 1.07 bits per heavy atom. The molecule has 8 nitrogen and oxygen atoms in total. The lowest BCUT2D eigenvalue weighted by molar-refractivity contribution is -0.118. The average molecular weight is 559 g/mol. The van der Waals surface area contributed by atoms with Crippen molar-refractivity contribution in [3.63, 3.8) is 0 Å². The first-order valence-corrected chi connectivity index (χ1v) is 13.8. The number of benzene rings is 2. The van der Waals surface area contributed by atoms with Gasteiger partial charge in [0.1, 0.15) is 12.1 Å². The molecule has 2 aromatic rings. The van der Waals surface area contributed by atoms with Crippen molar-refractivity contribution in [1.82, 2.24) is 0 Å². The first-order valence-electron chi connectivity index (χ1n) is 13.8. The van der Waals surface area contributed by atoms with Gasteiger partial charge in [0, 0.05) is 18.3 Å². The van der Waals surface area contributed by atoms with Crippen molar-refractivity contribution in [2.24, 2.45) is 11.8 Å². The summed E-state index contributed by atoms with van der Waals surface area (Å²) in [4.78, 5) is 24.5. The molecule has 0 fully saturated rings. The maximum atomic E-state index is 12.2. The average Bonchev–Trinajstić information content (AvgIpc) is 2.95. The summed E-state index contributed by atoms with van der Waals surface area (Å²) in [7, 11) is 0. The minimum absolute atomic E-state index is 0.0956. The quantitative estimate of drug-likeness (QED) is 0.128. The lowest BCUT2D eigenvalue weighted by Gasteiger charge is -2.14. The van der Waals surface area contributed by atoms with Gasteiger partial charge in [-0.3, -0.25) is 9.59 Å². The van der Waals surface area contributed by atoms with Crippen molar-refractivity contribution in [1.29, 1.82) is 10.5 Å². The van der Waals surface area contributed by atoms with Crippen LogP contribution in [-0.2, 0) is 9.59 Å². The van der Waals surface area contributed by atoms with Crippen molar-refractivity contribution in [2.75, 3.05) is 26.4 Å². The van der Waals surface area contributed by atoms with E-state index in [2.05, 4.69) is 0 Å². The van der Waals surface area contributed by atoms with E-state index in [4.69, 9.17) is 18.9 Å². The van der Waals surface area contributed by atoms with E-state index in [1.807, 2.05) is 26.0 Å². The minimum Gasteiger partial charge on any atom is -0.490 e. The molecule has 2 aromatic carbocycles. The monoisotopic (exact) mass is 558 g/mol. The van der Waals surface area contributed by atoms with Gasteiger partial charge in [0.2, 0.25) is 0 Å². The largest absolute Gasteiger partial charge is 0.490 e. The van der Waals surface area contributed by atoms with Gasteiger partial charge in [0.05, 0.1) is 37.6 Å². The highest BCUT2D eigenvalue weighted by atomic mass is 16.5. The Labute approximate surface area is 242 Å². The van der Waals surface area contributed by atoms with E-state index in [0.29, 0.717) is 67.0 Å². The van der Waals surface area contributed by atoms with Gasteiger partial charge in [-0.1, -0.05) is 39.8 Å². The number of Topliss-reactive ketones (excluding diaryl/α,β-unsaturated/α-hetero) is 2. The van der Waals surface area contributed by atoms with E-state index in [0.717, 1.165) is 0 Å². The molecule has 0 unspecified atom stereocenters. The Bertz CT molecular complexity index is 1260. The zero-order valence-corrected chi connectivity index (χ0v) is 24.7. The van der Waals surface area contributed by atoms with Gasteiger partial charge in [0.25, 0.3) is 0 Å². The topological polar surface area (TPSA) is 119 Å². The van der Waals surface area contributed by atoms with Gasteiger partial charge >= 0.3 is 0 Å². The highest BCUT2D eigenvalue weighted by Crippen LogP contribution is 2.31. The highest BCUT2D eigenvalue weighted by molar-refractivity contribution is 6.04. The second kappa shape index (κ2) is 16.5. The van der Waals surface area contributed by atoms with Crippen molar-refractivity contribution in [3.8, 4) is 35.1 Å². The van der Waals surface area contributed by atoms with E-state index >= 15 is 0 Å². The van der Waals surface area contributed by atoms with Crippen LogP contribution in [0.15, 0.2) is 47.5 Å². The van der Waals surface area contributed by atoms with Crippen LogP contribution in [0.4, 0.5) is 0 Å². The van der Waals surface area contributed by atoms with Crippen LogP contribution in [-0.4, -0.2) is 38.0 Å². The van der Waals surface area contributed by atoms with Crippen LogP contribution in [0.25, 0.3) is 12.2 Å². The molecule has 0 aromatic heterocycles. The van der Waals surface area contributed by atoms with E-state index in [9.17, 15) is 20.1 Å². The number of carbonyl (C=O) groups is 2. The Morgan fingerprint density at radius 3 is 1.39 bits per heavy atom. The molecule has 0 bridgehead atoms. The van der Waals surface area contributed by atoms with Crippen LogP contribution in [0.2, 0.25) is 0 Å². The summed E-state index contributed by atoms with van der Waals surface area (Å²) in [5, 5.41) is 18.8. The predicted molar refractivity (Wildman–Crippen MR) is 158 cm³/mol. The molecule has 0 amide bonds. The fraction of sp³-hybridized carbons (Fsp3) is 0.394. The third-order valence-corrected chi connectivity index (χ3v) is 5.78.